The molecule has 0 heterocycles. The third-order valence-corrected chi connectivity index (χ3v) is 3.03. The molecule has 1 atom stereocenters. The number of nitrogen functional groups attached to an aromatic ring is 1. The molecule has 0 fully saturated rings. The summed E-state index contributed by atoms with van der Waals surface area (Å²) in [5.74, 6) is 0.0794. The summed E-state index contributed by atoms with van der Waals surface area (Å²) in [7, 11) is 0. The smallest absolute Gasteiger partial charge is 0.337 e. The molecule has 0 aliphatic rings. The maximum atomic E-state index is 11.1. The highest BCUT2D eigenvalue weighted by atomic mass is 16.4. The normalized spacial score (nSPS) is 12.5. The lowest BCUT2D eigenvalue weighted by atomic mass is 9.98. The summed E-state index contributed by atoms with van der Waals surface area (Å²) in [6.07, 6.45) is 0. The fourth-order valence-electron chi connectivity index (χ4n) is 1.40. The highest BCUT2D eigenvalue weighted by Crippen LogP contribution is 2.20. The number of aromatic carboxylic acids is 1. The van der Waals surface area contributed by atoms with E-state index in [1.165, 1.54) is 6.07 Å². The van der Waals surface area contributed by atoms with Crippen LogP contribution in [0.2, 0.25) is 0 Å². The van der Waals surface area contributed by atoms with Crippen LogP contribution in [-0.4, -0.2) is 17.6 Å². The number of hydrogen-bond donors (Lipinski definition) is 3. The van der Waals surface area contributed by atoms with Crippen molar-refractivity contribution in [2.24, 2.45) is 11.8 Å². The second-order valence-electron chi connectivity index (χ2n) is 4.71. The zero-order valence-electron chi connectivity index (χ0n) is 10.5. The standard InChI is InChI=1S/C13H20N2O2/c1-8(2)9(3)7-15-12-5-4-10(14)6-11(12)13(16)17/h4-6,8-9,15H,7,14H2,1-3H3,(H,16,17). The van der Waals surface area contributed by atoms with E-state index in [-0.39, 0.29) is 5.56 Å². The third kappa shape index (κ3) is 3.66. The van der Waals surface area contributed by atoms with Crippen LogP contribution in [0.15, 0.2) is 18.2 Å². The first kappa shape index (κ1) is 13.4. The lowest BCUT2D eigenvalue weighted by molar-refractivity contribution is 0.0698. The number of nitrogens with one attached hydrogen (secondary N) is 1. The molecule has 94 valence electrons. The van der Waals surface area contributed by atoms with E-state index >= 15 is 0 Å². The molecule has 0 amide bonds. The van der Waals surface area contributed by atoms with Gasteiger partial charge in [0.2, 0.25) is 0 Å². The Kier molecular flexibility index (Phi) is 4.37. The van der Waals surface area contributed by atoms with Gasteiger partial charge in [-0.1, -0.05) is 20.8 Å². The van der Waals surface area contributed by atoms with Gasteiger partial charge in [-0.15, -0.1) is 0 Å². The van der Waals surface area contributed by atoms with Gasteiger partial charge in [0.05, 0.1) is 5.56 Å². The Bertz CT molecular complexity index is 402. The Morgan fingerprint density at radius 1 is 1.41 bits per heavy atom. The fraction of sp³-hybridized carbons (Fsp3) is 0.462. The summed E-state index contributed by atoms with van der Waals surface area (Å²) >= 11 is 0. The van der Waals surface area contributed by atoms with Gasteiger partial charge in [0.1, 0.15) is 0 Å². The molecule has 0 aliphatic heterocycles. The van der Waals surface area contributed by atoms with Crippen LogP contribution in [0, 0.1) is 11.8 Å². The molecular weight excluding hydrogens is 216 g/mol. The number of carboxylic acids is 1. The SMILES string of the molecule is CC(C)C(C)CNc1ccc(N)cc1C(=O)O. The summed E-state index contributed by atoms with van der Waals surface area (Å²) in [6, 6.07) is 4.89. The van der Waals surface area contributed by atoms with Gasteiger partial charge >= 0.3 is 5.97 Å². The average molecular weight is 236 g/mol. The van der Waals surface area contributed by atoms with Crippen molar-refractivity contribution < 1.29 is 9.90 Å². The Morgan fingerprint density at radius 3 is 2.59 bits per heavy atom. The zero-order valence-corrected chi connectivity index (χ0v) is 10.5. The van der Waals surface area contributed by atoms with Crippen molar-refractivity contribution in [1.29, 1.82) is 0 Å². The van der Waals surface area contributed by atoms with E-state index < -0.39 is 5.97 Å². The van der Waals surface area contributed by atoms with Crippen molar-refractivity contribution >= 4 is 17.3 Å². The van der Waals surface area contributed by atoms with Crippen molar-refractivity contribution in [2.75, 3.05) is 17.6 Å². The van der Waals surface area contributed by atoms with E-state index in [1.807, 2.05) is 0 Å². The Morgan fingerprint density at radius 2 is 2.06 bits per heavy atom. The van der Waals surface area contributed by atoms with Crippen molar-refractivity contribution in [3.8, 4) is 0 Å². The molecular formula is C13H20N2O2. The second-order valence-corrected chi connectivity index (χ2v) is 4.71. The Labute approximate surface area is 102 Å². The van der Waals surface area contributed by atoms with Gasteiger partial charge in [0.25, 0.3) is 0 Å². The van der Waals surface area contributed by atoms with Gasteiger partial charge in [-0.3, -0.25) is 0 Å². The van der Waals surface area contributed by atoms with E-state index in [1.54, 1.807) is 12.1 Å². The van der Waals surface area contributed by atoms with Gasteiger partial charge < -0.3 is 16.2 Å². The molecule has 1 unspecified atom stereocenters. The molecule has 0 saturated heterocycles. The maximum absolute atomic E-state index is 11.1. The van der Waals surface area contributed by atoms with Crippen LogP contribution in [-0.2, 0) is 0 Å². The molecule has 0 radical (unpaired) electrons. The van der Waals surface area contributed by atoms with Crippen LogP contribution in [0.3, 0.4) is 0 Å². The molecule has 0 bridgehead atoms. The highest BCUT2D eigenvalue weighted by molar-refractivity contribution is 5.95. The summed E-state index contributed by atoms with van der Waals surface area (Å²) < 4.78 is 0. The predicted octanol–water partition coefficient (Wildman–Crippen LogP) is 2.67. The lowest BCUT2D eigenvalue weighted by Gasteiger charge is -2.18. The first-order valence-electron chi connectivity index (χ1n) is 5.78. The quantitative estimate of drug-likeness (QED) is 0.687. The minimum Gasteiger partial charge on any atom is -0.478 e. The summed E-state index contributed by atoms with van der Waals surface area (Å²) in [6.45, 7) is 7.18. The van der Waals surface area contributed by atoms with Gasteiger partial charge in [-0.25, -0.2) is 4.79 Å². The van der Waals surface area contributed by atoms with Gasteiger partial charge in [-0.05, 0) is 30.0 Å². The van der Waals surface area contributed by atoms with Crippen molar-refractivity contribution in [3.05, 3.63) is 23.8 Å². The highest BCUT2D eigenvalue weighted by Gasteiger charge is 2.12. The van der Waals surface area contributed by atoms with Crippen LogP contribution in [0.4, 0.5) is 11.4 Å². The van der Waals surface area contributed by atoms with Gasteiger partial charge in [0.15, 0.2) is 0 Å². The lowest BCUT2D eigenvalue weighted by Crippen LogP contribution is -2.17. The number of carboxylic acid groups (broad SMARTS) is 1. The molecule has 4 N–H and O–H groups in total. The van der Waals surface area contributed by atoms with E-state index in [9.17, 15) is 4.79 Å². The number of anilines is 2. The molecule has 4 heteroatoms. The molecule has 1 aromatic carbocycles. The molecule has 1 aromatic rings. The zero-order chi connectivity index (χ0) is 13.0. The molecule has 17 heavy (non-hydrogen) atoms. The summed E-state index contributed by atoms with van der Waals surface area (Å²) in [4.78, 5) is 11.1. The topological polar surface area (TPSA) is 75.3 Å². The van der Waals surface area contributed by atoms with Gasteiger partial charge in [-0.2, -0.15) is 0 Å². The Hall–Kier alpha value is -1.71. The predicted molar refractivity (Wildman–Crippen MR) is 70.3 cm³/mol. The molecule has 0 aliphatic carbocycles. The summed E-state index contributed by atoms with van der Waals surface area (Å²) in [5.41, 5.74) is 6.89. The van der Waals surface area contributed by atoms with E-state index in [4.69, 9.17) is 10.8 Å². The maximum Gasteiger partial charge on any atom is 0.337 e. The number of hydrogen-bond acceptors (Lipinski definition) is 3. The number of nitrogens with two attached hydrogens (primary N) is 1. The van der Waals surface area contributed by atoms with Crippen molar-refractivity contribution in [1.82, 2.24) is 0 Å². The van der Waals surface area contributed by atoms with Crippen LogP contribution < -0.4 is 11.1 Å². The largest absolute Gasteiger partial charge is 0.478 e. The molecule has 1 rings (SSSR count). The van der Waals surface area contributed by atoms with Crippen molar-refractivity contribution in [3.63, 3.8) is 0 Å². The first-order chi connectivity index (χ1) is 7.91. The van der Waals surface area contributed by atoms with Gasteiger partial charge in [0, 0.05) is 17.9 Å². The molecule has 0 saturated carbocycles. The number of carbonyl (C=O) groups is 1. The van der Waals surface area contributed by atoms with E-state index in [0.29, 0.717) is 23.2 Å². The fourth-order valence-corrected chi connectivity index (χ4v) is 1.40. The Balaban J connectivity index is 2.80. The second kappa shape index (κ2) is 5.57. The van der Waals surface area contributed by atoms with Crippen molar-refractivity contribution in [2.45, 2.75) is 20.8 Å². The van der Waals surface area contributed by atoms with Crippen LogP contribution in [0.25, 0.3) is 0 Å². The van der Waals surface area contributed by atoms with E-state index in [2.05, 4.69) is 26.1 Å². The third-order valence-electron chi connectivity index (χ3n) is 3.03. The number of rotatable bonds is 5. The molecule has 0 spiro atoms. The van der Waals surface area contributed by atoms with Crippen LogP contribution >= 0.6 is 0 Å². The molecule has 0 aromatic heterocycles. The monoisotopic (exact) mass is 236 g/mol. The summed E-state index contributed by atoms with van der Waals surface area (Å²) in [5, 5.41) is 12.2. The van der Waals surface area contributed by atoms with Crippen LogP contribution in [0.5, 0.6) is 0 Å². The number of benzene rings is 1. The minimum absolute atomic E-state index is 0.223. The van der Waals surface area contributed by atoms with E-state index in [0.717, 1.165) is 6.54 Å². The van der Waals surface area contributed by atoms with Crippen LogP contribution in [0.1, 0.15) is 31.1 Å². The molecule has 4 nitrogen and oxygen atoms in total. The average Bonchev–Trinajstić information content (AvgIpc) is 2.26. The minimum atomic E-state index is -0.961. The first-order valence-corrected chi connectivity index (χ1v) is 5.78.